The number of hydrogen-bond acceptors (Lipinski definition) is 6. The summed E-state index contributed by atoms with van der Waals surface area (Å²) in [6.45, 7) is 5.43. The lowest BCUT2D eigenvalue weighted by molar-refractivity contribution is -0.120. The van der Waals surface area contributed by atoms with Crippen molar-refractivity contribution < 1.29 is 9.53 Å². The van der Waals surface area contributed by atoms with Crippen molar-refractivity contribution in [3.05, 3.63) is 30.1 Å². The molecule has 0 radical (unpaired) electrons. The molecule has 1 aliphatic carbocycles. The highest BCUT2D eigenvalue weighted by Crippen LogP contribution is 2.33. The number of rotatable bonds is 9. The van der Waals surface area contributed by atoms with Crippen molar-refractivity contribution in [3.63, 3.8) is 0 Å². The predicted octanol–water partition coefficient (Wildman–Crippen LogP) is 3.84. The van der Waals surface area contributed by atoms with Gasteiger partial charge < -0.3 is 10.1 Å². The fourth-order valence-corrected chi connectivity index (χ4v) is 5.01. The number of aryl methyl sites for hydroxylation is 1. The second-order valence-electron chi connectivity index (χ2n) is 9.12. The molecule has 0 atom stereocenters. The number of anilines is 1. The Bertz CT molecular complexity index is 857. The maximum absolute atomic E-state index is 12.5. The molecule has 0 bridgehead atoms. The molecule has 2 fully saturated rings. The van der Waals surface area contributed by atoms with Crippen molar-refractivity contribution in [2.75, 3.05) is 38.7 Å². The number of fused-ring (bicyclic) bond motifs is 1. The molecule has 2 aliphatic rings. The molecule has 162 valence electrons. The van der Waals surface area contributed by atoms with Gasteiger partial charge in [0.05, 0.1) is 12.1 Å². The summed E-state index contributed by atoms with van der Waals surface area (Å²) in [6.07, 6.45) is 8.67. The predicted molar refractivity (Wildman–Crippen MR) is 120 cm³/mol. The molecule has 1 aliphatic heterocycles. The summed E-state index contributed by atoms with van der Waals surface area (Å²) in [5.74, 6) is 2.36. The molecule has 0 spiro atoms. The molecular weight excluding hydrogens is 376 g/mol. The normalized spacial score (nSPS) is 22.7. The number of ketones is 1. The SMILES string of the molecule is COCCC1CCC(N2CC(CC(=O)CNc3ncnc4ccc(C)cc34)C2)CC1. The molecular formula is C24H34N4O2. The van der Waals surface area contributed by atoms with Gasteiger partial charge in [-0.1, -0.05) is 11.6 Å². The number of nitrogens with zero attached hydrogens (tertiary/aromatic N) is 3. The van der Waals surface area contributed by atoms with Crippen LogP contribution in [0.5, 0.6) is 0 Å². The summed E-state index contributed by atoms with van der Waals surface area (Å²) in [6, 6.07) is 6.83. The van der Waals surface area contributed by atoms with Crippen LogP contribution in [0.3, 0.4) is 0 Å². The maximum Gasteiger partial charge on any atom is 0.152 e. The number of benzene rings is 1. The third kappa shape index (κ3) is 5.16. The van der Waals surface area contributed by atoms with Gasteiger partial charge in [0, 0.05) is 44.7 Å². The van der Waals surface area contributed by atoms with Crippen LogP contribution in [-0.2, 0) is 9.53 Å². The number of carbonyl (C=O) groups is 1. The zero-order chi connectivity index (χ0) is 20.9. The highest BCUT2D eigenvalue weighted by atomic mass is 16.5. The standard InChI is InChI=1S/C24H34N4O2/c1-17-3-8-23-22(11-17)24(27-16-26-23)25-13-21(29)12-19-14-28(15-19)20-6-4-18(5-7-20)9-10-30-2/h3,8,11,16,18-20H,4-7,9-10,12-15H2,1-2H3,(H,25,26,27). The Morgan fingerprint density at radius 2 is 1.97 bits per heavy atom. The van der Waals surface area contributed by atoms with Gasteiger partial charge >= 0.3 is 0 Å². The van der Waals surface area contributed by atoms with Crippen LogP contribution < -0.4 is 5.32 Å². The third-order valence-corrected chi connectivity index (χ3v) is 6.81. The molecule has 1 N–H and O–H groups in total. The first-order valence-electron chi connectivity index (χ1n) is 11.3. The molecule has 0 unspecified atom stereocenters. The number of nitrogens with one attached hydrogen (secondary N) is 1. The molecule has 4 rings (SSSR count). The van der Waals surface area contributed by atoms with E-state index in [0.717, 1.165) is 53.9 Å². The second-order valence-corrected chi connectivity index (χ2v) is 9.12. The fourth-order valence-electron chi connectivity index (χ4n) is 5.01. The first-order valence-corrected chi connectivity index (χ1v) is 11.3. The van der Waals surface area contributed by atoms with E-state index in [9.17, 15) is 4.79 Å². The van der Waals surface area contributed by atoms with Gasteiger partial charge in [0.15, 0.2) is 5.78 Å². The van der Waals surface area contributed by atoms with Crippen molar-refractivity contribution >= 4 is 22.5 Å². The molecule has 2 aromatic rings. The Hall–Kier alpha value is -2.05. The van der Waals surface area contributed by atoms with Gasteiger partial charge in [0.2, 0.25) is 0 Å². The molecule has 2 heterocycles. The van der Waals surface area contributed by atoms with Gasteiger partial charge in [-0.25, -0.2) is 9.97 Å². The van der Waals surface area contributed by atoms with Crippen LogP contribution in [0.2, 0.25) is 0 Å². The van der Waals surface area contributed by atoms with E-state index in [0.29, 0.717) is 18.9 Å². The number of carbonyl (C=O) groups excluding carboxylic acids is 1. The van der Waals surface area contributed by atoms with Crippen LogP contribution in [0.25, 0.3) is 10.9 Å². The van der Waals surface area contributed by atoms with E-state index in [-0.39, 0.29) is 5.78 Å². The van der Waals surface area contributed by atoms with E-state index < -0.39 is 0 Å². The monoisotopic (exact) mass is 410 g/mol. The summed E-state index contributed by atoms with van der Waals surface area (Å²) in [5, 5.41) is 4.21. The smallest absolute Gasteiger partial charge is 0.152 e. The Labute approximate surface area is 179 Å². The second kappa shape index (κ2) is 9.84. The Morgan fingerprint density at radius 3 is 2.73 bits per heavy atom. The lowest BCUT2D eigenvalue weighted by Gasteiger charge is -2.46. The van der Waals surface area contributed by atoms with E-state index in [1.165, 1.54) is 32.1 Å². The van der Waals surface area contributed by atoms with E-state index in [1.807, 2.05) is 12.1 Å². The lowest BCUT2D eigenvalue weighted by atomic mass is 9.81. The van der Waals surface area contributed by atoms with Crippen LogP contribution in [0.15, 0.2) is 24.5 Å². The van der Waals surface area contributed by atoms with Gasteiger partial charge in [-0.15, -0.1) is 0 Å². The van der Waals surface area contributed by atoms with Gasteiger partial charge in [0.1, 0.15) is 12.1 Å². The van der Waals surface area contributed by atoms with Crippen molar-refractivity contribution in [1.82, 2.24) is 14.9 Å². The van der Waals surface area contributed by atoms with Crippen LogP contribution in [-0.4, -0.2) is 60.0 Å². The zero-order valence-corrected chi connectivity index (χ0v) is 18.3. The first kappa shape index (κ1) is 21.2. The van der Waals surface area contributed by atoms with Gasteiger partial charge in [-0.05, 0) is 63.0 Å². The highest BCUT2D eigenvalue weighted by Gasteiger charge is 2.35. The van der Waals surface area contributed by atoms with E-state index >= 15 is 0 Å². The average Bonchev–Trinajstić information content (AvgIpc) is 2.73. The van der Waals surface area contributed by atoms with Crippen LogP contribution in [0.4, 0.5) is 5.82 Å². The summed E-state index contributed by atoms with van der Waals surface area (Å²) in [5.41, 5.74) is 2.06. The number of aromatic nitrogens is 2. The minimum Gasteiger partial charge on any atom is -0.385 e. The Morgan fingerprint density at radius 1 is 1.17 bits per heavy atom. The van der Waals surface area contributed by atoms with E-state index in [1.54, 1.807) is 13.4 Å². The van der Waals surface area contributed by atoms with Crippen LogP contribution >= 0.6 is 0 Å². The Balaban J connectivity index is 1.18. The van der Waals surface area contributed by atoms with Gasteiger partial charge in [-0.3, -0.25) is 9.69 Å². The van der Waals surface area contributed by atoms with Crippen molar-refractivity contribution in [1.29, 1.82) is 0 Å². The zero-order valence-electron chi connectivity index (χ0n) is 18.3. The van der Waals surface area contributed by atoms with Crippen LogP contribution in [0, 0.1) is 18.8 Å². The molecule has 6 heteroatoms. The Kier molecular flexibility index (Phi) is 6.95. The third-order valence-electron chi connectivity index (χ3n) is 6.81. The topological polar surface area (TPSA) is 67.3 Å². The van der Waals surface area contributed by atoms with E-state index in [4.69, 9.17) is 4.74 Å². The summed E-state index contributed by atoms with van der Waals surface area (Å²) >= 11 is 0. The maximum atomic E-state index is 12.5. The number of likely N-dealkylation sites (tertiary alicyclic amines) is 1. The number of ether oxygens (including phenoxy) is 1. The molecule has 1 aromatic heterocycles. The van der Waals surface area contributed by atoms with Crippen molar-refractivity contribution in [3.8, 4) is 0 Å². The molecule has 1 saturated carbocycles. The molecule has 1 aromatic carbocycles. The van der Waals surface area contributed by atoms with Crippen molar-refractivity contribution in [2.45, 2.75) is 51.5 Å². The summed E-state index contributed by atoms with van der Waals surface area (Å²) in [7, 11) is 1.79. The fraction of sp³-hybridized carbons (Fsp3) is 0.625. The summed E-state index contributed by atoms with van der Waals surface area (Å²) in [4.78, 5) is 23.8. The largest absolute Gasteiger partial charge is 0.385 e. The number of Topliss-reactive ketones (excluding diaryl/α,β-unsaturated/α-hetero) is 1. The summed E-state index contributed by atoms with van der Waals surface area (Å²) < 4.78 is 5.22. The number of methoxy groups -OCH3 is 1. The molecule has 1 saturated heterocycles. The number of hydrogen-bond donors (Lipinski definition) is 1. The average molecular weight is 411 g/mol. The lowest BCUT2D eigenvalue weighted by Crippen LogP contribution is -2.53. The molecule has 6 nitrogen and oxygen atoms in total. The minimum absolute atomic E-state index is 0.266. The van der Waals surface area contributed by atoms with Gasteiger partial charge in [0.25, 0.3) is 0 Å². The minimum atomic E-state index is 0.266. The van der Waals surface area contributed by atoms with E-state index in [2.05, 4.69) is 33.2 Å². The highest BCUT2D eigenvalue weighted by molar-refractivity contribution is 5.91. The van der Waals surface area contributed by atoms with Gasteiger partial charge in [-0.2, -0.15) is 0 Å². The quantitative estimate of drug-likeness (QED) is 0.678. The van der Waals surface area contributed by atoms with Crippen molar-refractivity contribution in [2.24, 2.45) is 11.8 Å². The first-order chi connectivity index (χ1) is 14.6. The molecule has 30 heavy (non-hydrogen) atoms. The molecule has 0 amide bonds. The van der Waals surface area contributed by atoms with Crippen LogP contribution in [0.1, 0.15) is 44.1 Å².